The van der Waals surface area contributed by atoms with Crippen LogP contribution in [0.5, 0.6) is 0 Å². The van der Waals surface area contributed by atoms with E-state index in [9.17, 15) is 14.4 Å². The Hall–Kier alpha value is -2.99. The largest absolute Gasteiger partial charge is 0.337 e. The Kier molecular flexibility index (Phi) is 6.55. The van der Waals surface area contributed by atoms with Gasteiger partial charge in [-0.2, -0.15) is 0 Å². The van der Waals surface area contributed by atoms with Crippen molar-refractivity contribution in [3.8, 4) is 0 Å². The molecule has 28 heavy (non-hydrogen) atoms. The lowest BCUT2D eigenvalue weighted by molar-refractivity contribution is -0.139. The summed E-state index contributed by atoms with van der Waals surface area (Å²) in [7, 11) is 0. The maximum absolute atomic E-state index is 12.9. The van der Waals surface area contributed by atoms with Crippen LogP contribution in [0.4, 0.5) is 0 Å². The minimum Gasteiger partial charge on any atom is -0.337 e. The third-order valence-corrected chi connectivity index (χ3v) is 4.90. The summed E-state index contributed by atoms with van der Waals surface area (Å²) < 4.78 is 0. The van der Waals surface area contributed by atoms with E-state index in [-0.39, 0.29) is 37.1 Å². The smallest absolute Gasteiger partial charge is 0.253 e. The maximum Gasteiger partial charge on any atom is 0.253 e. The molecule has 0 spiro atoms. The van der Waals surface area contributed by atoms with E-state index in [0.29, 0.717) is 25.2 Å². The maximum atomic E-state index is 12.9. The van der Waals surface area contributed by atoms with Crippen molar-refractivity contribution in [2.75, 3.05) is 19.6 Å². The quantitative estimate of drug-likeness (QED) is 0.711. The van der Waals surface area contributed by atoms with Crippen LogP contribution in [0.3, 0.4) is 0 Å². The fraction of sp³-hybridized carbons (Fsp3) is 0.318. The lowest BCUT2D eigenvalue weighted by Gasteiger charge is -2.22. The first-order valence-electron chi connectivity index (χ1n) is 9.54. The summed E-state index contributed by atoms with van der Waals surface area (Å²) in [6.07, 6.45) is 1.33. The number of rotatable bonds is 8. The van der Waals surface area contributed by atoms with E-state index in [4.69, 9.17) is 5.73 Å². The van der Waals surface area contributed by atoms with Crippen LogP contribution in [-0.4, -0.2) is 47.2 Å². The normalized spacial score (nSPS) is 13.8. The highest BCUT2D eigenvalue weighted by Crippen LogP contribution is 2.17. The number of carbonyl (C=O) groups is 3. The fourth-order valence-corrected chi connectivity index (χ4v) is 3.30. The molecule has 0 radical (unpaired) electrons. The van der Waals surface area contributed by atoms with Gasteiger partial charge in [0, 0.05) is 38.0 Å². The van der Waals surface area contributed by atoms with Crippen molar-refractivity contribution < 1.29 is 14.4 Å². The van der Waals surface area contributed by atoms with Gasteiger partial charge in [-0.25, -0.2) is 0 Å². The molecule has 6 nitrogen and oxygen atoms in total. The van der Waals surface area contributed by atoms with Crippen molar-refractivity contribution in [2.45, 2.75) is 25.8 Å². The molecule has 146 valence electrons. The van der Waals surface area contributed by atoms with Gasteiger partial charge >= 0.3 is 0 Å². The van der Waals surface area contributed by atoms with E-state index in [1.165, 1.54) is 10.5 Å². The van der Waals surface area contributed by atoms with Crippen LogP contribution in [-0.2, 0) is 22.6 Å². The van der Waals surface area contributed by atoms with E-state index in [2.05, 4.69) is 0 Å². The number of likely N-dealkylation sites (tertiary alicyclic amines) is 1. The molecule has 3 rings (SSSR count). The van der Waals surface area contributed by atoms with Crippen molar-refractivity contribution in [2.24, 2.45) is 5.73 Å². The minimum atomic E-state index is -0.139. The van der Waals surface area contributed by atoms with Gasteiger partial charge in [-0.3, -0.25) is 19.3 Å². The zero-order valence-corrected chi connectivity index (χ0v) is 15.8. The monoisotopic (exact) mass is 379 g/mol. The van der Waals surface area contributed by atoms with Gasteiger partial charge in [-0.15, -0.1) is 0 Å². The van der Waals surface area contributed by atoms with E-state index >= 15 is 0 Å². The lowest BCUT2D eigenvalue weighted by atomic mass is 10.1. The summed E-state index contributed by atoms with van der Waals surface area (Å²) >= 11 is 0. The molecule has 6 heteroatoms. The number of carbonyl (C=O) groups excluding carboxylic acids is 3. The second-order valence-corrected chi connectivity index (χ2v) is 6.89. The predicted molar refractivity (Wildman–Crippen MR) is 106 cm³/mol. The predicted octanol–water partition coefficient (Wildman–Crippen LogP) is 1.98. The summed E-state index contributed by atoms with van der Waals surface area (Å²) in [6, 6.07) is 17.1. The zero-order valence-electron chi connectivity index (χ0n) is 15.8. The molecule has 1 aliphatic rings. The van der Waals surface area contributed by atoms with Gasteiger partial charge < -0.3 is 10.6 Å². The van der Waals surface area contributed by atoms with Crippen LogP contribution in [0.15, 0.2) is 54.6 Å². The first kappa shape index (κ1) is 19.8. The topological polar surface area (TPSA) is 83.7 Å². The van der Waals surface area contributed by atoms with Gasteiger partial charge in [0.1, 0.15) is 0 Å². The van der Waals surface area contributed by atoms with Crippen molar-refractivity contribution in [1.29, 1.82) is 0 Å². The second kappa shape index (κ2) is 9.28. The van der Waals surface area contributed by atoms with Gasteiger partial charge in [0.25, 0.3) is 5.91 Å². The zero-order chi connectivity index (χ0) is 19.9. The third-order valence-electron chi connectivity index (χ3n) is 4.90. The van der Waals surface area contributed by atoms with Crippen LogP contribution in [0.1, 0.15) is 34.3 Å². The molecule has 1 aliphatic heterocycles. The molecule has 1 fully saturated rings. The average molecular weight is 379 g/mol. The molecule has 0 atom stereocenters. The molecule has 2 aromatic rings. The first-order valence-corrected chi connectivity index (χ1v) is 9.54. The number of imide groups is 1. The molecule has 0 aromatic heterocycles. The highest BCUT2D eigenvalue weighted by molar-refractivity contribution is 6.01. The molecule has 1 heterocycles. The van der Waals surface area contributed by atoms with Crippen molar-refractivity contribution >= 4 is 17.7 Å². The van der Waals surface area contributed by atoms with Crippen molar-refractivity contribution in [3.05, 3.63) is 71.3 Å². The molecule has 0 unspecified atom stereocenters. The molecule has 1 saturated heterocycles. The van der Waals surface area contributed by atoms with E-state index in [1.54, 1.807) is 29.2 Å². The summed E-state index contributed by atoms with van der Waals surface area (Å²) in [5, 5.41) is 0. The van der Waals surface area contributed by atoms with Crippen molar-refractivity contribution in [3.63, 3.8) is 0 Å². The number of amides is 3. The van der Waals surface area contributed by atoms with Gasteiger partial charge in [0.2, 0.25) is 11.8 Å². The van der Waals surface area contributed by atoms with Crippen LogP contribution in [0.2, 0.25) is 0 Å². The number of benzene rings is 2. The number of hydrogen-bond acceptors (Lipinski definition) is 4. The number of nitrogens with zero attached hydrogens (tertiary/aromatic N) is 2. The number of hydrogen-bond donors (Lipinski definition) is 1. The molecule has 0 saturated carbocycles. The van der Waals surface area contributed by atoms with Gasteiger partial charge in [0.15, 0.2) is 0 Å². The summed E-state index contributed by atoms with van der Waals surface area (Å²) in [5.41, 5.74) is 8.27. The summed E-state index contributed by atoms with van der Waals surface area (Å²) in [4.78, 5) is 39.4. The standard InChI is InChI=1S/C22H25N3O3/c23-13-15-24(14-12-17-4-2-1-3-5-17)22(28)19-8-6-18(7-9-19)16-25-20(26)10-11-21(25)27/h1-9H,10-16,23H2. The van der Waals surface area contributed by atoms with Crippen LogP contribution in [0.25, 0.3) is 0 Å². The fourth-order valence-electron chi connectivity index (χ4n) is 3.30. The van der Waals surface area contributed by atoms with Crippen LogP contribution in [0, 0.1) is 0 Å². The highest BCUT2D eigenvalue weighted by Gasteiger charge is 2.28. The summed E-state index contributed by atoms with van der Waals surface area (Å²) in [6.45, 7) is 1.74. The first-order chi connectivity index (χ1) is 13.6. The van der Waals surface area contributed by atoms with Gasteiger partial charge in [0.05, 0.1) is 6.54 Å². The Morgan fingerprint density at radius 2 is 1.54 bits per heavy atom. The third kappa shape index (κ3) is 4.84. The van der Waals surface area contributed by atoms with Gasteiger partial charge in [-0.1, -0.05) is 42.5 Å². The molecular weight excluding hydrogens is 354 g/mol. The van der Waals surface area contributed by atoms with E-state index in [0.717, 1.165) is 12.0 Å². The number of nitrogens with two attached hydrogens (primary N) is 1. The van der Waals surface area contributed by atoms with Gasteiger partial charge in [-0.05, 0) is 29.7 Å². The lowest BCUT2D eigenvalue weighted by Crippen LogP contribution is -2.37. The SMILES string of the molecule is NCCN(CCc1ccccc1)C(=O)c1ccc(CN2C(=O)CCC2=O)cc1. The van der Waals surface area contributed by atoms with E-state index < -0.39 is 0 Å². The molecular formula is C22H25N3O3. The molecule has 0 aliphatic carbocycles. The van der Waals surface area contributed by atoms with Crippen molar-refractivity contribution in [1.82, 2.24) is 9.80 Å². The summed E-state index contributed by atoms with van der Waals surface area (Å²) in [5.74, 6) is -0.346. The molecule has 3 amide bonds. The van der Waals surface area contributed by atoms with Crippen LogP contribution >= 0.6 is 0 Å². The Morgan fingerprint density at radius 3 is 2.14 bits per heavy atom. The Labute approximate surface area is 164 Å². The Bertz CT molecular complexity index is 818. The highest BCUT2D eigenvalue weighted by atomic mass is 16.2. The molecule has 0 bridgehead atoms. The second-order valence-electron chi connectivity index (χ2n) is 6.89. The van der Waals surface area contributed by atoms with Crippen LogP contribution < -0.4 is 5.73 Å². The van der Waals surface area contributed by atoms with E-state index in [1.807, 2.05) is 30.3 Å². The molecule has 2 N–H and O–H groups in total. The Morgan fingerprint density at radius 1 is 0.893 bits per heavy atom. The molecule has 2 aromatic carbocycles. The Balaban J connectivity index is 1.64. The average Bonchev–Trinajstić information content (AvgIpc) is 3.04. The minimum absolute atomic E-state index is 0.0683.